The van der Waals surface area contributed by atoms with Crippen LogP contribution in [0.4, 0.5) is 22.0 Å². The fourth-order valence-electron chi connectivity index (χ4n) is 3.53. The van der Waals surface area contributed by atoms with E-state index in [1.807, 2.05) is 0 Å². The number of nitrogens with one attached hydrogen (secondary N) is 1. The highest BCUT2D eigenvalue weighted by Crippen LogP contribution is 2.31. The molecule has 0 aliphatic carbocycles. The van der Waals surface area contributed by atoms with Crippen molar-refractivity contribution in [3.8, 4) is 11.8 Å². The van der Waals surface area contributed by atoms with Gasteiger partial charge in [0.05, 0.1) is 19.2 Å². The molecule has 0 unspecified atom stereocenters. The fraction of sp³-hybridized carbons (Fsp3) is 0.364. The SMILES string of the molecule is N#C[C@@H]1CC(F)(F)CN1C(=O)CNC(=O)c1ccncc1CCc1ccc(OC(F)(F)F)cc1. The van der Waals surface area contributed by atoms with Gasteiger partial charge in [-0.1, -0.05) is 12.1 Å². The average Bonchev–Trinajstić information content (AvgIpc) is 3.10. The Morgan fingerprint density at radius 2 is 1.91 bits per heavy atom. The van der Waals surface area contributed by atoms with Gasteiger partial charge in [0.25, 0.3) is 11.8 Å². The molecule has 2 amide bonds. The number of hydrogen-bond donors (Lipinski definition) is 1. The predicted octanol–water partition coefficient (Wildman–Crippen LogP) is 3.25. The summed E-state index contributed by atoms with van der Waals surface area (Å²) in [5.41, 5.74) is 1.42. The Balaban J connectivity index is 1.59. The molecular weight excluding hydrogens is 463 g/mol. The van der Waals surface area contributed by atoms with E-state index in [1.54, 1.807) is 6.07 Å². The summed E-state index contributed by atoms with van der Waals surface area (Å²) in [6.07, 6.45) is -2.02. The van der Waals surface area contributed by atoms with E-state index < -0.39 is 49.7 Å². The summed E-state index contributed by atoms with van der Waals surface area (Å²) in [5.74, 6) is -4.93. The second kappa shape index (κ2) is 10.0. The van der Waals surface area contributed by atoms with Crippen molar-refractivity contribution in [3.05, 3.63) is 59.4 Å². The molecule has 1 aromatic carbocycles. The number of nitriles is 1. The maximum absolute atomic E-state index is 13.5. The van der Waals surface area contributed by atoms with Gasteiger partial charge in [-0.3, -0.25) is 14.6 Å². The van der Waals surface area contributed by atoms with Crippen LogP contribution in [0, 0.1) is 11.3 Å². The van der Waals surface area contributed by atoms with Gasteiger partial charge in [-0.25, -0.2) is 8.78 Å². The molecule has 0 saturated carbocycles. The zero-order valence-electron chi connectivity index (χ0n) is 17.6. The van der Waals surface area contributed by atoms with Gasteiger partial charge in [-0.2, -0.15) is 5.26 Å². The zero-order chi connectivity index (χ0) is 24.9. The van der Waals surface area contributed by atoms with Gasteiger partial charge in [-0.05, 0) is 42.2 Å². The zero-order valence-corrected chi connectivity index (χ0v) is 17.6. The first-order valence-electron chi connectivity index (χ1n) is 10.1. The number of carbonyl (C=O) groups is 2. The fourth-order valence-corrected chi connectivity index (χ4v) is 3.53. The minimum absolute atomic E-state index is 0.211. The molecular formula is C22H19F5N4O3. The molecule has 1 aromatic heterocycles. The summed E-state index contributed by atoms with van der Waals surface area (Å²) >= 11 is 0. The molecule has 1 saturated heterocycles. The molecule has 1 atom stereocenters. The molecule has 0 bridgehead atoms. The smallest absolute Gasteiger partial charge is 0.406 e. The first-order valence-corrected chi connectivity index (χ1v) is 10.1. The van der Waals surface area contributed by atoms with Crippen molar-refractivity contribution >= 4 is 11.8 Å². The number of aromatic nitrogens is 1. The number of hydrogen-bond acceptors (Lipinski definition) is 5. The first kappa shape index (κ1) is 24.9. The van der Waals surface area contributed by atoms with Gasteiger partial charge in [-0.15, -0.1) is 13.2 Å². The summed E-state index contributed by atoms with van der Waals surface area (Å²) in [6, 6.07) is 7.13. The molecule has 7 nitrogen and oxygen atoms in total. The molecule has 12 heteroatoms. The lowest BCUT2D eigenvalue weighted by Crippen LogP contribution is -2.43. The molecule has 34 heavy (non-hydrogen) atoms. The predicted molar refractivity (Wildman–Crippen MR) is 108 cm³/mol. The van der Waals surface area contributed by atoms with Crippen molar-refractivity contribution in [1.82, 2.24) is 15.2 Å². The highest BCUT2D eigenvalue weighted by molar-refractivity contribution is 5.97. The van der Waals surface area contributed by atoms with E-state index >= 15 is 0 Å². The maximum atomic E-state index is 13.5. The largest absolute Gasteiger partial charge is 0.573 e. The molecule has 0 spiro atoms. The van der Waals surface area contributed by atoms with Crippen molar-refractivity contribution in [1.29, 1.82) is 5.26 Å². The lowest BCUT2D eigenvalue weighted by atomic mass is 10.0. The van der Waals surface area contributed by atoms with Crippen LogP contribution in [0.15, 0.2) is 42.7 Å². The summed E-state index contributed by atoms with van der Waals surface area (Å²) in [5, 5.41) is 11.4. The van der Waals surface area contributed by atoms with E-state index in [-0.39, 0.29) is 11.3 Å². The van der Waals surface area contributed by atoms with Crippen LogP contribution in [0.3, 0.4) is 0 Å². The number of nitrogens with zero attached hydrogens (tertiary/aromatic N) is 3. The van der Waals surface area contributed by atoms with E-state index in [1.165, 1.54) is 42.7 Å². The molecule has 2 heterocycles. The summed E-state index contributed by atoms with van der Waals surface area (Å²) in [7, 11) is 0. The van der Waals surface area contributed by atoms with Crippen LogP contribution in [0.1, 0.15) is 27.9 Å². The second-order valence-electron chi connectivity index (χ2n) is 7.63. The number of rotatable bonds is 7. The Bertz CT molecular complexity index is 1080. The van der Waals surface area contributed by atoms with Crippen molar-refractivity contribution < 1.29 is 36.3 Å². The van der Waals surface area contributed by atoms with Gasteiger partial charge >= 0.3 is 6.36 Å². The van der Waals surface area contributed by atoms with Crippen LogP contribution < -0.4 is 10.1 Å². The highest BCUT2D eigenvalue weighted by atomic mass is 19.4. The maximum Gasteiger partial charge on any atom is 0.573 e. The van der Waals surface area contributed by atoms with Gasteiger partial charge in [0.1, 0.15) is 11.8 Å². The molecule has 3 rings (SSSR count). The number of halogens is 5. The van der Waals surface area contributed by atoms with Crippen LogP contribution in [0.2, 0.25) is 0 Å². The molecule has 2 aromatic rings. The Morgan fingerprint density at radius 1 is 1.21 bits per heavy atom. The molecule has 0 radical (unpaired) electrons. The number of aryl methyl sites for hydroxylation is 2. The van der Waals surface area contributed by atoms with Crippen LogP contribution in [-0.4, -0.2) is 53.1 Å². The Kier molecular flexibility index (Phi) is 7.34. The third-order valence-corrected chi connectivity index (χ3v) is 5.13. The first-order chi connectivity index (χ1) is 16.0. The van der Waals surface area contributed by atoms with Gasteiger partial charge in [0.15, 0.2) is 0 Å². The van der Waals surface area contributed by atoms with Crippen LogP contribution >= 0.6 is 0 Å². The van der Waals surface area contributed by atoms with Crippen molar-refractivity contribution in [2.45, 2.75) is 37.6 Å². The number of benzene rings is 1. The third-order valence-electron chi connectivity index (χ3n) is 5.13. The Labute approximate surface area is 191 Å². The van der Waals surface area contributed by atoms with Gasteiger partial charge in [0.2, 0.25) is 5.91 Å². The normalized spacial score (nSPS) is 17.2. The molecule has 180 valence electrons. The topological polar surface area (TPSA) is 95.3 Å². The van der Waals surface area contributed by atoms with Crippen LogP contribution in [0.25, 0.3) is 0 Å². The van der Waals surface area contributed by atoms with E-state index in [2.05, 4.69) is 15.0 Å². The second-order valence-corrected chi connectivity index (χ2v) is 7.63. The molecule has 1 N–H and O–H groups in total. The van der Waals surface area contributed by atoms with Crippen LogP contribution in [0.5, 0.6) is 5.75 Å². The average molecular weight is 482 g/mol. The van der Waals surface area contributed by atoms with E-state index in [0.29, 0.717) is 24.0 Å². The van der Waals surface area contributed by atoms with E-state index in [0.717, 1.165) is 4.90 Å². The minimum atomic E-state index is -4.79. The lowest BCUT2D eigenvalue weighted by molar-refractivity contribution is -0.274. The summed E-state index contributed by atoms with van der Waals surface area (Å²) < 4.78 is 67.7. The van der Waals surface area contributed by atoms with E-state index in [9.17, 15) is 31.5 Å². The molecule has 1 aliphatic rings. The monoisotopic (exact) mass is 482 g/mol. The number of amides is 2. The van der Waals surface area contributed by atoms with Crippen LogP contribution in [-0.2, 0) is 17.6 Å². The van der Waals surface area contributed by atoms with Gasteiger partial charge < -0.3 is 15.0 Å². The number of carbonyl (C=O) groups excluding carboxylic acids is 2. The number of likely N-dealkylation sites (tertiary alicyclic amines) is 1. The number of alkyl halides is 5. The summed E-state index contributed by atoms with van der Waals surface area (Å²) in [6.45, 7) is -1.44. The number of ether oxygens (including phenoxy) is 1. The summed E-state index contributed by atoms with van der Waals surface area (Å²) in [4.78, 5) is 29.6. The number of pyridine rings is 1. The highest BCUT2D eigenvalue weighted by Gasteiger charge is 2.47. The Hall–Kier alpha value is -3.75. The third kappa shape index (κ3) is 6.63. The molecule has 1 aliphatic heterocycles. The van der Waals surface area contributed by atoms with Crippen molar-refractivity contribution in [2.24, 2.45) is 0 Å². The quantitative estimate of drug-likeness (QED) is 0.612. The Morgan fingerprint density at radius 3 is 2.56 bits per heavy atom. The molecule has 1 fully saturated rings. The van der Waals surface area contributed by atoms with Crippen molar-refractivity contribution in [3.63, 3.8) is 0 Å². The van der Waals surface area contributed by atoms with E-state index in [4.69, 9.17) is 5.26 Å². The van der Waals surface area contributed by atoms with Gasteiger partial charge in [0, 0.05) is 24.4 Å². The standard InChI is InChI=1S/C22H19F5N4O3/c23-21(24)9-16(10-28)31(13-21)19(32)12-30-20(33)18-7-8-29-11-15(18)4-1-14-2-5-17(6-3-14)34-22(25,26)27/h2-3,5-8,11,16H,1,4,9,12-13H2,(H,30,33)/t16-/m0/s1. The van der Waals surface area contributed by atoms with Crippen molar-refractivity contribution in [2.75, 3.05) is 13.1 Å². The lowest BCUT2D eigenvalue weighted by Gasteiger charge is -2.19. The minimum Gasteiger partial charge on any atom is -0.406 e.